The molecule has 0 fully saturated rings. The van der Waals surface area contributed by atoms with Gasteiger partial charge in [-0.2, -0.15) is 0 Å². The Morgan fingerprint density at radius 3 is 2.00 bits per heavy atom. The smallest absolute Gasteiger partial charge is 0.00134 e. The number of benzene rings is 5. The quantitative estimate of drug-likeness (QED) is 0.277. The van der Waals surface area contributed by atoms with E-state index >= 15 is 0 Å². The first kappa shape index (κ1) is 12.3. The van der Waals surface area contributed by atoms with Gasteiger partial charge in [0.1, 0.15) is 0 Å². The first-order chi connectivity index (χ1) is 11.9. The van der Waals surface area contributed by atoms with E-state index in [1.165, 1.54) is 54.6 Å². The van der Waals surface area contributed by atoms with E-state index in [0.717, 1.165) is 0 Å². The fraction of sp³-hybridized carbons (Fsp3) is 0. The van der Waals surface area contributed by atoms with E-state index in [9.17, 15) is 0 Å². The minimum absolute atomic E-state index is 1.22. The molecule has 24 heavy (non-hydrogen) atoms. The van der Waals surface area contributed by atoms with Gasteiger partial charge in [-0.1, -0.05) is 78.9 Å². The third kappa shape index (κ3) is 1.35. The third-order valence-electron chi connectivity index (χ3n) is 5.28. The Hall–Kier alpha value is -3.12. The highest BCUT2D eigenvalue weighted by Gasteiger charge is 2.25. The van der Waals surface area contributed by atoms with Crippen LogP contribution in [-0.4, -0.2) is 0 Å². The maximum Gasteiger partial charge on any atom is -0.00134 e. The van der Waals surface area contributed by atoms with Gasteiger partial charge in [0.25, 0.3) is 0 Å². The fourth-order valence-corrected chi connectivity index (χ4v) is 4.37. The molecule has 0 heteroatoms. The molecular weight excluding hydrogens is 288 g/mol. The molecule has 1 aliphatic rings. The number of hydrogen-bond donors (Lipinski definition) is 0. The lowest BCUT2D eigenvalue weighted by molar-refractivity contribution is 1.74. The highest BCUT2D eigenvalue weighted by atomic mass is 14.3. The van der Waals surface area contributed by atoms with Crippen molar-refractivity contribution in [2.24, 2.45) is 0 Å². The summed E-state index contributed by atoms with van der Waals surface area (Å²) < 4.78 is 0. The van der Waals surface area contributed by atoms with Gasteiger partial charge in [-0.05, 0) is 60.6 Å². The standard InChI is InChI=1S/C24H13/c1-3-11-18-16(9-1)17-10-2-4-12-19(17)24-21-14-6-8-15-7-5-13-20(22(15)21)23(18)24/h1-9,11-14H. The Morgan fingerprint density at radius 1 is 0.542 bits per heavy atom. The summed E-state index contributed by atoms with van der Waals surface area (Å²) in [6.07, 6.45) is 0. The van der Waals surface area contributed by atoms with Gasteiger partial charge in [0.15, 0.2) is 0 Å². The maximum absolute atomic E-state index is 3.48. The number of rotatable bonds is 0. The lowest BCUT2D eigenvalue weighted by atomic mass is 9.90. The molecule has 1 radical (unpaired) electrons. The summed E-state index contributed by atoms with van der Waals surface area (Å²) in [7, 11) is 0. The highest BCUT2D eigenvalue weighted by Crippen LogP contribution is 2.53. The molecule has 0 heterocycles. The predicted octanol–water partition coefficient (Wildman–Crippen LogP) is 6.59. The summed E-state index contributed by atoms with van der Waals surface area (Å²) >= 11 is 0. The lowest BCUT2D eigenvalue weighted by Crippen LogP contribution is -1.85. The van der Waals surface area contributed by atoms with E-state index in [4.69, 9.17) is 0 Å². The van der Waals surface area contributed by atoms with Crippen molar-refractivity contribution in [1.82, 2.24) is 0 Å². The summed E-state index contributed by atoms with van der Waals surface area (Å²) in [5.41, 5.74) is 5.46. The van der Waals surface area contributed by atoms with Crippen molar-refractivity contribution in [2.75, 3.05) is 0 Å². The minimum atomic E-state index is 1.22. The minimum Gasteiger partial charge on any atom is -0.0616 e. The second-order valence-corrected chi connectivity index (χ2v) is 6.46. The van der Waals surface area contributed by atoms with Gasteiger partial charge >= 0.3 is 0 Å². The van der Waals surface area contributed by atoms with Crippen molar-refractivity contribution in [3.63, 3.8) is 0 Å². The van der Waals surface area contributed by atoms with Crippen LogP contribution in [0.15, 0.2) is 78.9 Å². The van der Waals surface area contributed by atoms with Crippen molar-refractivity contribution in [2.45, 2.75) is 0 Å². The van der Waals surface area contributed by atoms with Gasteiger partial charge in [-0.25, -0.2) is 0 Å². The van der Waals surface area contributed by atoms with Gasteiger partial charge in [0.2, 0.25) is 0 Å². The molecular formula is C24H13. The van der Waals surface area contributed by atoms with Gasteiger partial charge in [0.05, 0.1) is 0 Å². The summed E-state index contributed by atoms with van der Waals surface area (Å²) in [5.74, 6) is 0. The van der Waals surface area contributed by atoms with Crippen molar-refractivity contribution >= 4 is 32.3 Å². The summed E-state index contributed by atoms with van der Waals surface area (Å²) in [6, 6.07) is 31.9. The van der Waals surface area contributed by atoms with Gasteiger partial charge in [-0.3, -0.25) is 0 Å². The van der Waals surface area contributed by atoms with E-state index in [0.29, 0.717) is 0 Å². The van der Waals surface area contributed by atoms with Crippen LogP contribution >= 0.6 is 0 Å². The normalized spacial score (nSPS) is 12.2. The molecule has 0 saturated carbocycles. The van der Waals surface area contributed by atoms with Crippen LogP contribution in [0.3, 0.4) is 0 Å². The van der Waals surface area contributed by atoms with Gasteiger partial charge in [-0.15, -0.1) is 0 Å². The summed E-state index contributed by atoms with van der Waals surface area (Å²) in [6.45, 7) is 0. The second-order valence-electron chi connectivity index (χ2n) is 6.46. The van der Waals surface area contributed by atoms with Crippen LogP contribution < -0.4 is 0 Å². The zero-order valence-corrected chi connectivity index (χ0v) is 13.0. The molecule has 0 saturated heterocycles. The molecule has 6 rings (SSSR count). The Kier molecular flexibility index (Phi) is 2.18. The van der Waals surface area contributed by atoms with E-state index in [-0.39, 0.29) is 0 Å². The predicted molar refractivity (Wildman–Crippen MR) is 102 cm³/mol. The Morgan fingerprint density at radius 2 is 1.21 bits per heavy atom. The van der Waals surface area contributed by atoms with Gasteiger partial charge in [0, 0.05) is 0 Å². The van der Waals surface area contributed by atoms with Crippen LogP contribution in [0, 0.1) is 6.07 Å². The molecule has 0 aromatic heterocycles. The van der Waals surface area contributed by atoms with Crippen LogP contribution in [0.25, 0.3) is 54.6 Å². The molecule has 109 valence electrons. The molecule has 0 unspecified atom stereocenters. The molecule has 0 bridgehead atoms. The molecule has 5 aromatic carbocycles. The summed E-state index contributed by atoms with van der Waals surface area (Å²) in [5, 5.41) is 7.84. The van der Waals surface area contributed by atoms with Crippen LogP contribution in [0.2, 0.25) is 0 Å². The van der Waals surface area contributed by atoms with E-state index in [1.54, 1.807) is 0 Å². The van der Waals surface area contributed by atoms with E-state index < -0.39 is 0 Å². The lowest BCUT2D eigenvalue weighted by Gasteiger charge is -2.12. The Bertz CT molecular complexity index is 1190. The van der Waals surface area contributed by atoms with Crippen LogP contribution in [0.5, 0.6) is 0 Å². The highest BCUT2D eigenvalue weighted by molar-refractivity contribution is 6.29. The average molecular weight is 301 g/mol. The Labute approximate surface area is 140 Å². The molecule has 0 nitrogen and oxygen atoms in total. The van der Waals surface area contributed by atoms with Crippen LogP contribution in [0.1, 0.15) is 0 Å². The molecule has 0 amide bonds. The largest absolute Gasteiger partial charge is 0.0616 e. The maximum atomic E-state index is 3.48. The molecule has 0 N–H and O–H groups in total. The number of hydrogen-bond acceptors (Lipinski definition) is 0. The molecule has 5 aromatic rings. The van der Waals surface area contributed by atoms with E-state index in [1.807, 2.05) is 6.07 Å². The van der Waals surface area contributed by atoms with E-state index in [2.05, 4.69) is 78.9 Å². The second kappa shape index (κ2) is 4.24. The zero-order valence-electron chi connectivity index (χ0n) is 13.0. The van der Waals surface area contributed by atoms with Crippen molar-refractivity contribution in [1.29, 1.82) is 0 Å². The fourth-order valence-electron chi connectivity index (χ4n) is 4.37. The molecule has 0 spiro atoms. The topological polar surface area (TPSA) is 0 Å². The average Bonchev–Trinajstić information content (AvgIpc) is 2.99. The van der Waals surface area contributed by atoms with Crippen molar-refractivity contribution < 1.29 is 0 Å². The van der Waals surface area contributed by atoms with Crippen molar-refractivity contribution in [3.8, 4) is 22.3 Å². The summed E-state index contributed by atoms with van der Waals surface area (Å²) in [4.78, 5) is 0. The van der Waals surface area contributed by atoms with Gasteiger partial charge < -0.3 is 0 Å². The SMILES string of the molecule is [c]1cccc2c3c(c4ccccc4c12)-c1cccc2cccc-3c12. The first-order valence-corrected chi connectivity index (χ1v) is 8.31. The molecule has 0 atom stereocenters. The zero-order chi connectivity index (χ0) is 15.7. The molecule has 0 aliphatic heterocycles. The van der Waals surface area contributed by atoms with Crippen LogP contribution in [-0.2, 0) is 0 Å². The van der Waals surface area contributed by atoms with Crippen molar-refractivity contribution in [3.05, 3.63) is 84.9 Å². The monoisotopic (exact) mass is 301 g/mol. The van der Waals surface area contributed by atoms with Crippen LogP contribution in [0.4, 0.5) is 0 Å². The molecule has 1 aliphatic carbocycles. The third-order valence-corrected chi connectivity index (χ3v) is 5.28. The number of fused-ring (bicyclic) bond motifs is 8. The first-order valence-electron chi connectivity index (χ1n) is 8.31. The Balaban J connectivity index is 2.00.